The number of hydrogen-bond acceptors (Lipinski definition) is 5. The molecule has 14 heavy (non-hydrogen) atoms. The van der Waals surface area contributed by atoms with Gasteiger partial charge in [-0.3, -0.25) is 4.79 Å². The molecule has 0 saturated carbocycles. The van der Waals surface area contributed by atoms with E-state index in [1.807, 2.05) is 13.8 Å². The first-order valence-electron chi connectivity index (χ1n) is 4.33. The van der Waals surface area contributed by atoms with Crippen LogP contribution in [0.3, 0.4) is 0 Å². The van der Waals surface area contributed by atoms with Gasteiger partial charge in [0.2, 0.25) is 0 Å². The Morgan fingerprint density at radius 2 is 2.50 bits per heavy atom. The molecule has 1 unspecified atom stereocenters. The van der Waals surface area contributed by atoms with Crippen LogP contribution in [-0.4, -0.2) is 23.7 Å². The van der Waals surface area contributed by atoms with Crippen LogP contribution in [0, 0.1) is 0 Å². The summed E-state index contributed by atoms with van der Waals surface area (Å²) >= 11 is 1.35. The number of ether oxygens (including phenoxy) is 2. The van der Waals surface area contributed by atoms with Crippen molar-refractivity contribution in [2.24, 2.45) is 0 Å². The molecular weight excluding hydrogens is 202 g/mol. The van der Waals surface area contributed by atoms with Crippen LogP contribution in [0.1, 0.15) is 34.6 Å². The topological polar surface area (TPSA) is 48.4 Å². The van der Waals surface area contributed by atoms with Gasteiger partial charge in [-0.2, -0.15) is 0 Å². The fourth-order valence-corrected chi connectivity index (χ4v) is 2.08. The zero-order chi connectivity index (χ0) is 10.2. The van der Waals surface area contributed by atoms with Crippen molar-refractivity contribution in [2.75, 3.05) is 6.61 Å². The number of carbonyl (C=O) groups is 1. The molecule has 5 heteroatoms. The van der Waals surface area contributed by atoms with E-state index in [9.17, 15) is 4.79 Å². The number of aldehydes is 1. The fourth-order valence-electron chi connectivity index (χ4n) is 1.33. The predicted molar refractivity (Wildman–Crippen MR) is 51.4 cm³/mol. The number of rotatable bonds is 2. The monoisotopic (exact) mass is 213 g/mol. The number of aromatic nitrogens is 1. The number of nitrogens with zero attached hydrogens (tertiary/aromatic N) is 1. The van der Waals surface area contributed by atoms with Gasteiger partial charge in [-0.15, -0.1) is 11.3 Å². The zero-order valence-corrected chi connectivity index (χ0v) is 8.84. The highest BCUT2D eigenvalue weighted by atomic mass is 32.1. The lowest BCUT2D eigenvalue weighted by Gasteiger charge is -2.16. The van der Waals surface area contributed by atoms with Gasteiger partial charge in [-0.25, -0.2) is 4.98 Å². The van der Waals surface area contributed by atoms with E-state index in [2.05, 4.69) is 4.98 Å². The second-order valence-corrected chi connectivity index (χ2v) is 4.63. The van der Waals surface area contributed by atoms with Crippen LogP contribution in [0.2, 0.25) is 0 Å². The molecule has 1 fully saturated rings. The van der Waals surface area contributed by atoms with Crippen molar-refractivity contribution in [1.29, 1.82) is 0 Å². The van der Waals surface area contributed by atoms with E-state index in [1.165, 1.54) is 11.3 Å². The largest absolute Gasteiger partial charge is 0.347 e. The highest BCUT2D eigenvalue weighted by Gasteiger charge is 2.34. The van der Waals surface area contributed by atoms with Crippen LogP contribution in [0.4, 0.5) is 0 Å². The fraction of sp³-hybridized carbons (Fsp3) is 0.556. The zero-order valence-electron chi connectivity index (χ0n) is 8.02. The van der Waals surface area contributed by atoms with Gasteiger partial charge >= 0.3 is 0 Å². The van der Waals surface area contributed by atoms with Gasteiger partial charge in [-0.05, 0) is 13.8 Å². The molecule has 0 radical (unpaired) electrons. The molecule has 4 nitrogen and oxygen atoms in total. The molecule has 0 bridgehead atoms. The second-order valence-electron chi connectivity index (χ2n) is 3.54. The summed E-state index contributed by atoms with van der Waals surface area (Å²) in [6.45, 7) is 4.26. The number of thiazole rings is 1. The van der Waals surface area contributed by atoms with Crippen LogP contribution in [-0.2, 0) is 9.47 Å². The minimum Gasteiger partial charge on any atom is -0.347 e. The molecule has 1 aliphatic heterocycles. The van der Waals surface area contributed by atoms with Crippen molar-refractivity contribution in [3.63, 3.8) is 0 Å². The van der Waals surface area contributed by atoms with E-state index < -0.39 is 5.79 Å². The average molecular weight is 213 g/mol. The molecule has 0 N–H and O–H groups in total. The lowest BCUT2D eigenvalue weighted by Crippen LogP contribution is -2.19. The summed E-state index contributed by atoms with van der Waals surface area (Å²) < 4.78 is 11.0. The lowest BCUT2D eigenvalue weighted by molar-refractivity contribution is -0.138. The molecule has 2 heterocycles. The van der Waals surface area contributed by atoms with Crippen molar-refractivity contribution in [3.8, 4) is 0 Å². The molecule has 76 valence electrons. The minimum atomic E-state index is -0.532. The highest BCUT2D eigenvalue weighted by Crippen LogP contribution is 2.34. The first-order valence-corrected chi connectivity index (χ1v) is 5.15. The van der Waals surface area contributed by atoms with Gasteiger partial charge in [0.05, 0.1) is 11.5 Å². The summed E-state index contributed by atoms with van der Waals surface area (Å²) in [5, 5.41) is 0.480. The maximum Gasteiger partial charge on any atom is 0.178 e. The average Bonchev–Trinajstić information content (AvgIpc) is 2.70. The quantitative estimate of drug-likeness (QED) is 0.702. The van der Waals surface area contributed by atoms with Crippen LogP contribution in [0.5, 0.6) is 0 Å². The molecule has 1 saturated heterocycles. The summed E-state index contributed by atoms with van der Waals surface area (Å²) in [5.41, 5.74) is 0. The Kier molecular flexibility index (Phi) is 2.38. The summed E-state index contributed by atoms with van der Waals surface area (Å²) in [7, 11) is 0. The maximum atomic E-state index is 10.4. The molecule has 1 atom stereocenters. The first kappa shape index (κ1) is 9.76. The van der Waals surface area contributed by atoms with E-state index >= 15 is 0 Å². The molecule has 1 aromatic rings. The second kappa shape index (κ2) is 3.42. The smallest absolute Gasteiger partial charge is 0.178 e. The van der Waals surface area contributed by atoms with Crippen LogP contribution in [0.15, 0.2) is 6.20 Å². The summed E-state index contributed by atoms with van der Waals surface area (Å²) in [6, 6.07) is 0. The maximum absolute atomic E-state index is 10.4. The van der Waals surface area contributed by atoms with E-state index in [-0.39, 0.29) is 6.10 Å². The van der Waals surface area contributed by atoms with Crippen LogP contribution in [0.25, 0.3) is 0 Å². The molecule has 1 aliphatic rings. The Labute approximate surface area is 85.9 Å². The predicted octanol–water partition coefficient (Wildman–Crippen LogP) is 1.78. The van der Waals surface area contributed by atoms with Gasteiger partial charge in [0.25, 0.3) is 0 Å². The Morgan fingerprint density at radius 3 is 3.00 bits per heavy atom. The van der Waals surface area contributed by atoms with Gasteiger partial charge in [-0.1, -0.05) is 0 Å². The van der Waals surface area contributed by atoms with Crippen LogP contribution < -0.4 is 0 Å². The molecular formula is C9H11NO3S. The van der Waals surface area contributed by atoms with Gasteiger partial charge in [0.1, 0.15) is 6.10 Å². The lowest BCUT2D eigenvalue weighted by atomic mass is 10.3. The summed E-state index contributed by atoms with van der Waals surface area (Å²) in [4.78, 5) is 15.3. The molecule has 2 rings (SSSR count). The van der Waals surface area contributed by atoms with E-state index in [0.717, 1.165) is 11.2 Å². The van der Waals surface area contributed by atoms with E-state index in [0.29, 0.717) is 11.6 Å². The third-order valence-corrected chi connectivity index (χ3v) is 2.98. The highest BCUT2D eigenvalue weighted by molar-refractivity contribution is 7.13. The summed E-state index contributed by atoms with van der Waals surface area (Å²) in [6.07, 6.45) is 2.33. The van der Waals surface area contributed by atoms with Crippen molar-refractivity contribution >= 4 is 17.6 Å². The normalized spacial score (nSPS) is 25.1. The summed E-state index contributed by atoms with van der Waals surface area (Å²) in [5.74, 6) is -0.532. The Hall–Kier alpha value is -0.780. The molecule has 0 aliphatic carbocycles. The Morgan fingerprint density at radius 1 is 1.71 bits per heavy atom. The first-order chi connectivity index (χ1) is 6.61. The van der Waals surface area contributed by atoms with Crippen molar-refractivity contribution in [2.45, 2.75) is 25.7 Å². The third-order valence-electron chi connectivity index (χ3n) is 1.97. The van der Waals surface area contributed by atoms with Gasteiger partial charge in [0.15, 0.2) is 17.1 Å². The standard InChI is InChI=1S/C9H11NO3S/c1-9(2)12-5-6(13-9)7-3-10-8(4-11)14-7/h3-4,6H,5H2,1-2H3. The van der Waals surface area contributed by atoms with E-state index in [4.69, 9.17) is 9.47 Å². The van der Waals surface area contributed by atoms with Crippen molar-refractivity contribution in [1.82, 2.24) is 4.98 Å². The Balaban J connectivity index is 2.13. The van der Waals surface area contributed by atoms with Crippen molar-refractivity contribution < 1.29 is 14.3 Å². The third kappa shape index (κ3) is 1.84. The molecule has 0 amide bonds. The Bertz CT molecular complexity index is 348. The van der Waals surface area contributed by atoms with E-state index in [1.54, 1.807) is 6.20 Å². The molecule has 0 aromatic carbocycles. The van der Waals surface area contributed by atoms with Gasteiger partial charge in [0, 0.05) is 6.20 Å². The number of hydrogen-bond donors (Lipinski definition) is 0. The van der Waals surface area contributed by atoms with Gasteiger partial charge < -0.3 is 9.47 Å². The van der Waals surface area contributed by atoms with Crippen LogP contribution >= 0.6 is 11.3 Å². The van der Waals surface area contributed by atoms with Crippen molar-refractivity contribution in [3.05, 3.63) is 16.1 Å². The molecule has 0 spiro atoms. The minimum absolute atomic E-state index is 0.0869. The number of carbonyl (C=O) groups excluding carboxylic acids is 1. The molecule has 1 aromatic heterocycles. The SMILES string of the molecule is CC1(C)OCC(c2cnc(C=O)s2)O1.